The van der Waals surface area contributed by atoms with E-state index in [1.54, 1.807) is 13.0 Å². The maximum atomic E-state index is 12.8. The van der Waals surface area contributed by atoms with Crippen molar-refractivity contribution in [3.8, 4) is 6.07 Å². The van der Waals surface area contributed by atoms with Crippen LogP contribution in [0.1, 0.15) is 24.2 Å². The fourth-order valence-corrected chi connectivity index (χ4v) is 1.30. The Morgan fingerprint density at radius 3 is 2.79 bits per heavy atom. The third kappa shape index (κ3) is 2.30. The maximum absolute atomic E-state index is 12.8. The number of hydrogen-bond acceptors (Lipinski definition) is 2. The van der Waals surface area contributed by atoms with Crippen LogP contribution in [-0.4, -0.2) is 6.61 Å². The average Bonchev–Trinajstić information content (AvgIpc) is 2.15. The van der Waals surface area contributed by atoms with E-state index in [2.05, 4.69) is 0 Å². The van der Waals surface area contributed by atoms with Gasteiger partial charge in [-0.3, -0.25) is 0 Å². The lowest BCUT2D eigenvalue weighted by Gasteiger charge is -2.11. The molecule has 0 aromatic heterocycles. The van der Waals surface area contributed by atoms with E-state index in [-0.39, 0.29) is 5.82 Å². The van der Waals surface area contributed by atoms with Crippen molar-refractivity contribution in [1.82, 2.24) is 0 Å². The highest BCUT2D eigenvalue weighted by atomic mass is 19.1. The molecule has 0 amide bonds. The monoisotopic (exact) mass is 193 g/mol. The van der Waals surface area contributed by atoms with Gasteiger partial charge in [0.2, 0.25) is 0 Å². The molecule has 1 atom stereocenters. The predicted octanol–water partition coefficient (Wildman–Crippen LogP) is 2.74. The summed E-state index contributed by atoms with van der Waals surface area (Å²) in [7, 11) is 0. The van der Waals surface area contributed by atoms with Gasteiger partial charge in [0.1, 0.15) is 5.82 Å². The minimum atomic E-state index is -0.597. The van der Waals surface area contributed by atoms with Crippen LogP contribution in [0.2, 0.25) is 0 Å². The van der Waals surface area contributed by atoms with Gasteiger partial charge in [0.05, 0.1) is 6.07 Å². The number of hydrogen-bond donors (Lipinski definition) is 0. The highest BCUT2D eigenvalue weighted by Gasteiger charge is 2.12. The smallest absolute Gasteiger partial charge is 0.169 e. The topological polar surface area (TPSA) is 33.0 Å². The molecule has 1 aromatic rings. The second kappa shape index (κ2) is 4.73. The van der Waals surface area contributed by atoms with Crippen LogP contribution in [-0.2, 0) is 4.74 Å². The number of rotatable bonds is 3. The van der Waals surface area contributed by atoms with Crippen LogP contribution < -0.4 is 0 Å². The molecule has 0 heterocycles. The van der Waals surface area contributed by atoms with Gasteiger partial charge in [-0.2, -0.15) is 5.26 Å². The summed E-state index contributed by atoms with van der Waals surface area (Å²) in [5.41, 5.74) is 1.47. The van der Waals surface area contributed by atoms with Crippen molar-refractivity contribution in [2.75, 3.05) is 6.61 Å². The molecule has 0 saturated carbocycles. The summed E-state index contributed by atoms with van der Waals surface area (Å²) in [4.78, 5) is 0. The predicted molar refractivity (Wildman–Crippen MR) is 51.1 cm³/mol. The molecular weight excluding hydrogens is 181 g/mol. The summed E-state index contributed by atoms with van der Waals surface area (Å²) in [6.45, 7) is 4.06. The fourth-order valence-electron chi connectivity index (χ4n) is 1.30. The molecule has 0 radical (unpaired) electrons. The van der Waals surface area contributed by atoms with E-state index in [1.165, 1.54) is 12.1 Å². The largest absolute Gasteiger partial charge is 0.359 e. The summed E-state index contributed by atoms with van der Waals surface area (Å²) < 4.78 is 18.0. The zero-order valence-electron chi connectivity index (χ0n) is 8.25. The highest BCUT2D eigenvalue weighted by molar-refractivity contribution is 5.31. The van der Waals surface area contributed by atoms with Gasteiger partial charge in [-0.05, 0) is 37.1 Å². The second-order valence-electron chi connectivity index (χ2n) is 2.97. The van der Waals surface area contributed by atoms with Gasteiger partial charge in [-0.15, -0.1) is 0 Å². The van der Waals surface area contributed by atoms with E-state index >= 15 is 0 Å². The molecule has 0 fully saturated rings. The maximum Gasteiger partial charge on any atom is 0.169 e. The average molecular weight is 193 g/mol. The van der Waals surface area contributed by atoms with Gasteiger partial charge in [0.25, 0.3) is 0 Å². The van der Waals surface area contributed by atoms with Gasteiger partial charge < -0.3 is 4.74 Å². The molecule has 1 unspecified atom stereocenters. The third-order valence-corrected chi connectivity index (χ3v) is 1.96. The molecule has 14 heavy (non-hydrogen) atoms. The Morgan fingerprint density at radius 2 is 2.29 bits per heavy atom. The third-order valence-electron chi connectivity index (χ3n) is 1.96. The van der Waals surface area contributed by atoms with Crippen molar-refractivity contribution in [3.63, 3.8) is 0 Å². The lowest BCUT2D eigenvalue weighted by Crippen LogP contribution is -2.03. The Labute approximate surface area is 82.9 Å². The van der Waals surface area contributed by atoms with Crippen molar-refractivity contribution < 1.29 is 9.13 Å². The zero-order valence-corrected chi connectivity index (χ0v) is 8.25. The van der Waals surface area contributed by atoms with Crippen LogP contribution in [0.5, 0.6) is 0 Å². The molecular formula is C11H12FNO. The second-order valence-corrected chi connectivity index (χ2v) is 2.97. The Balaban J connectivity index is 3.00. The summed E-state index contributed by atoms with van der Waals surface area (Å²) in [5.74, 6) is -0.292. The highest BCUT2D eigenvalue weighted by Crippen LogP contribution is 2.21. The van der Waals surface area contributed by atoms with Crippen LogP contribution in [0.3, 0.4) is 0 Å². The normalized spacial score (nSPS) is 12.1. The van der Waals surface area contributed by atoms with Crippen LogP contribution >= 0.6 is 0 Å². The number of nitrogens with zero attached hydrogens (tertiary/aromatic N) is 1. The van der Waals surface area contributed by atoms with E-state index in [1.807, 2.05) is 13.0 Å². The number of benzene rings is 1. The molecule has 74 valence electrons. The minimum Gasteiger partial charge on any atom is -0.359 e. The zero-order chi connectivity index (χ0) is 10.6. The first-order valence-electron chi connectivity index (χ1n) is 4.46. The number of aryl methyl sites for hydroxylation is 1. The first kappa shape index (κ1) is 10.7. The molecule has 0 saturated heterocycles. The summed E-state index contributed by atoms with van der Waals surface area (Å²) in [6, 6.07) is 6.37. The summed E-state index contributed by atoms with van der Waals surface area (Å²) in [6.07, 6.45) is -0.597. The first-order valence-corrected chi connectivity index (χ1v) is 4.46. The lowest BCUT2D eigenvalue weighted by molar-refractivity contribution is 0.101. The van der Waals surface area contributed by atoms with Crippen LogP contribution in [0.4, 0.5) is 4.39 Å². The van der Waals surface area contributed by atoms with Crippen molar-refractivity contribution in [2.24, 2.45) is 0 Å². The van der Waals surface area contributed by atoms with Crippen molar-refractivity contribution in [2.45, 2.75) is 20.0 Å². The van der Waals surface area contributed by atoms with Gasteiger partial charge in [0, 0.05) is 6.61 Å². The number of ether oxygens (including phenoxy) is 1. The fraction of sp³-hybridized carbons (Fsp3) is 0.364. The van der Waals surface area contributed by atoms with E-state index < -0.39 is 6.10 Å². The lowest BCUT2D eigenvalue weighted by atomic mass is 10.0. The molecule has 2 nitrogen and oxygen atoms in total. The Hall–Kier alpha value is -1.40. The Kier molecular flexibility index (Phi) is 3.61. The molecule has 3 heteroatoms. The van der Waals surface area contributed by atoms with E-state index in [9.17, 15) is 4.39 Å². The molecule has 0 bridgehead atoms. The summed E-state index contributed by atoms with van der Waals surface area (Å²) in [5, 5.41) is 8.84. The standard InChI is InChI=1S/C11H12FNO/c1-3-14-11(7-13)10-5-4-9(12)6-8(10)2/h4-6,11H,3H2,1-2H3. The molecule has 0 N–H and O–H groups in total. The Morgan fingerprint density at radius 1 is 1.57 bits per heavy atom. The molecule has 1 rings (SSSR count). The van der Waals surface area contributed by atoms with Crippen LogP contribution in [0, 0.1) is 24.1 Å². The van der Waals surface area contributed by atoms with Gasteiger partial charge in [0.15, 0.2) is 6.10 Å². The molecule has 0 aliphatic rings. The van der Waals surface area contributed by atoms with Gasteiger partial charge >= 0.3 is 0 Å². The quantitative estimate of drug-likeness (QED) is 0.739. The van der Waals surface area contributed by atoms with Gasteiger partial charge in [-0.25, -0.2) is 4.39 Å². The number of halogens is 1. The molecule has 0 aliphatic carbocycles. The van der Waals surface area contributed by atoms with Gasteiger partial charge in [-0.1, -0.05) is 6.07 Å². The van der Waals surface area contributed by atoms with Crippen LogP contribution in [0.15, 0.2) is 18.2 Å². The summed E-state index contributed by atoms with van der Waals surface area (Å²) >= 11 is 0. The van der Waals surface area contributed by atoms with Crippen molar-refractivity contribution in [1.29, 1.82) is 5.26 Å². The molecule has 0 aliphatic heterocycles. The Bertz CT molecular complexity index is 357. The van der Waals surface area contributed by atoms with Crippen molar-refractivity contribution >= 4 is 0 Å². The SMILES string of the molecule is CCOC(C#N)c1ccc(F)cc1C. The van der Waals surface area contributed by atoms with E-state index in [0.717, 1.165) is 11.1 Å². The van der Waals surface area contributed by atoms with Crippen molar-refractivity contribution in [3.05, 3.63) is 35.1 Å². The van der Waals surface area contributed by atoms with E-state index in [4.69, 9.17) is 10.00 Å². The minimum absolute atomic E-state index is 0.292. The molecule has 1 aromatic carbocycles. The van der Waals surface area contributed by atoms with Crippen LogP contribution in [0.25, 0.3) is 0 Å². The molecule has 0 spiro atoms. The first-order chi connectivity index (χ1) is 6.69. The number of nitriles is 1. The van der Waals surface area contributed by atoms with E-state index in [0.29, 0.717) is 6.61 Å².